The van der Waals surface area contributed by atoms with Crippen LogP contribution >= 0.6 is 0 Å². The molecule has 0 spiro atoms. The molecule has 2 heterocycles. The van der Waals surface area contributed by atoms with Crippen LogP contribution in [0, 0.1) is 5.92 Å². The first kappa shape index (κ1) is 11.3. The van der Waals surface area contributed by atoms with Crippen molar-refractivity contribution in [3.8, 4) is 0 Å². The molecular weight excluding hydrogens is 218 g/mol. The van der Waals surface area contributed by atoms with Crippen molar-refractivity contribution in [2.75, 3.05) is 32.8 Å². The third kappa shape index (κ3) is 2.40. The lowest BCUT2D eigenvalue weighted by Gasteiger charge is -2.31. The molecule has 17 heavy (non-hydrogen) atoms. The van der Waals surface area contributed by atoms with Crippen LogP contribution < -0.4 is 10.6 Å². The summed E-state index contributed by atoms with van der Waals surface area (Å²) in [5.74, 6) is 0.722. The number of amides is 2. The maximum absolute atomic E-state index is 11.8. The van der Waals surface area contributed by atoms with Gasteiger partial charge in [-0.1, -0.05) is 6.42 Å². The van der Waals surface area contributed by atoms with Crippen molar-refractivity contribution in [2.24, 2.45) is 5.92 Å². The van der Waals surface area contributed by atoms with Crippen molar-refractivity contribution in [1.82, 2.24) is 15.5 Å². The number of carbonyl (C=O) groups excluding carboxylic acids is 1. The van der Waals surface area contributed by atoms with E-state index in [1.54, 1.807) is 0 Å². The van der Waals surface area contributed by atoms with Crippen LogP contribution in [0.15, 0.2) is 0 Å². The minimum Gasteiger partial charge on any atom is -0.378 e. The molecule has 2 amide bonds. The Hall–Kier alpha value is -0.810. The summed E-state index contributed by atoms with van der Waals surface area (Å²) in [5, 5.41) is 6.51. The van der Waals surface area contributed by atoms with E-state index < -0.39 is 0 Å². The quantitative estimate of drug-likeness (QED) is 0.738. The SMILES string of the molecule is O=C1NC(C2CCC2)CN1CC1COCCN1. The third-order valence-electron chi connectivity index (χ3n) is 4.17. The standard InChI is InChI=1S/C12H21N3O2/c16-12-14-11(9-2-1-3-9)7-15(12)6-10-8-17-5-4-13-10/h9-11,13H,1-8H2,(H,14,16). The molecule has 3 aliphatic rings. The molecule has 0 aromatic rings. The molecular formula is C12H21N3O2. The van der Waals surface area contributed by atoms with Crippen LogP contribution in [0.4, 0.5) is 4.79 Å². The first-order chi connectivity index (χ1) is 8.33. The van der Waals surface area contributed by atoms with E-state index in [1.165, 1.54) is 19.3 Å². The van der Waals surface area contributed by atoms with Gasteiger partial charge in [-0.15, -0.1) is 0 Å². The van der Waals surface area contributed by atoms with Gasteiger partial charge in [-0.05, 0) is 18.8 Å². The Morgan fingerprint density at radius 1 is 1.41 bits per heavy atom. The highest BCUT2D eigenvalue weighted by atomic mass is 16.5. The number of hydrogen-bond donors (Lipinski definition) is 2. The second kappa shape index (κ2) is 4.82. The van der Waals surface area contributed by atoms with E-state index in [-0.39, 0.29) is 6.03 Å². The average molecular weight is 239 g/mol. The van der Waals surface area contributed by atoms with Crippen molar-refractivity contribution in [1.29, 1.82) is 0 Å². The van der Waals surface area contributed by atoms with Gasteiger partial charge in [-0.3, -0.25) is 0 Å². The Kier molecular flexibility index (Phi) is 3.20. The second-order valence-corrected chi connectivity index (χ2v) is 5.38. The Labute approximate surface area is 102 Å². The fourth-order valence-corrected chi connectivity index (χ4v) is 2.89. The van der Waals surface area contributed by atoms with Crippen LogP contribution in [-0.4, -0.2) is 55.9 Å². The van der Waals surface area contributed by atoms with Gasteiger partial charge in [0.25, 0.3) is 0 Å². The highest BCUT2D eigenvalue weighted by Gasteiger charge is 2.37. The molecule has 5 heteroatoms. The van der Waals surface area contributed by atoms with Crippen molar-refractivity contribution < 1.29 is 9.53 Å². The van der Waals surface area contributed by atoms with E-state index in [9.17, 15) is 4.79 Å². The Morgan fingerprint density at radius 2 is 2.29 bits per heavy atom. The van der Waals surface area contributed by atoms with Crippen LogP contribution in [0.25, 0.3) is 0 Å². The van der Waals surface area contributed by atoms with E-state index in [0.29, 0.717) is 12.1 Å². The predicted octanol–water partition coefficient (Wildman–Crippen LogP) is 0.169. The van der Waals surface area contributed by atoms with Gasteiger partial charge in [0, 0.05) is 25.7 Å². The van der Waals surface area contributed by atoms with Gasteiger partial charge in [0.15, 0.2) is 0 Å². The molecule has 0 aromatic carbocycles. The van der Waals surface area contributed by atoms with Gasteiger partial charge in [0.05, 0.1) is 19.3 Å². The largest absolute Gasteiger partial charge is 0.378 e. The van der Waals surface area contributed by atoms with Crippen molar-refractivity contribution in [2.45, 2.75) is 31.3 Å². The average Bonchev–Trinajstić information content (AvgIpc) is 2.59. The first-order valence-electron chi connectivity index (χ1n) is 6.69. The number of rotatable bonds is 3. The molecule has 1 saturated carbocycles. The first-order valence-corrected chi connectivity index (χ1v) is 6.69. The molecule has 2 saturated heterocycles. The summed E-state index contributed by atoms with van der Waals surface area (Å²) in [6.07, 6.45) is 3.89. The van der Waals surface area contributed by atoms with Crippen LogP contribution in [0.3, 0.4) is 0 Å². The molecule has 2 N–H and O–H groups in total. The lowest BCUT2D eigenvalue weighted by atomic mass is 9.80. The summed E-state index contributed by atoms with van der Waals surface area (Å²) in [5.41, 5.74) is 0. The van der Waals surface area contributed by atoms with Crippen LogP contribution in [0.2, 0.25) is 0 Å². The fourth-order valence-electron chi connectivity index (χ4n) is 2.89. The second-order valence-electron chi connectivity index (χ2n) is 5.38. The monoisotopic (exact) mass is 239 g/mol. The van der Waals surface area contributed by atoms with E-state index in [1.807, 2.05) is 4.90 Å². The topological polar surface area (TPSA) is 53.6 Å². The summed E-state index contributed by atoms with van der Waals surface area (Å²) in [6, 6.07) is 0.796. The number of hydrogen-bond acceptors (Lipinski definition) is 3. The van der Waals surface area contributed by atoms with Gasteiger partial charge in [-0.25, -0.2) is 4.79 Å². The molecule has 2 aliphatic heterocycles. The smallest absolute Gasteiger partial charge is 0.317 e. The number of carbonyl (C=O) groups is 1. The highest BCUT2D eigenvalue weighted by Crippen LogP contribution is 2.31. The van der Waals surface area contributed by atoms with Gasteiger partial charge >= 0.3 is 6.03 Å². The lowest BCUT2D eigenvalue weighted by Crippen LogP contribution is -2.49. The number of nitrogens with one attached hydrogen (secondary N) is 2. The van der Waals surface area contributed by atoms with Crippen LogP contribution in [0.1, 0.15) is 19.3 Å². The molecule has 3 fully saturated rings. The Bertz CT molecular complexity index is 287. The summed E-state index contributed by atoms with van der Waals surface area (Å²) in [4.78, 5) is 13.8. The number of nitrogens with zero attached hydrogens (tertiary/aromatic N) is 1. The molecule has 3 rings (SSSR count). The molecule has 0 radical (unpaired) electrons. The molecule has 2 atom stereocenters. The van der Waals surface area contributed by atoms with Crippen molar-refractivity contribution in [3.63, 3.8) is 0 Å². The zero-order valence-electron chi connectivity index (χ0n) is 10.2. The minimum absolute atomic E-state index is 0.106. The van der Waals surface area contributed by atoms with Gasteiger partial charge in [-0.2, -0.15) is 0 Å². The molecule has 2 unspecified atom stereocenters. The normalized spacial score (nSPS) is 34.6. The van der Waals surface area contributed by atoms with Gasteiger partial charge in [0.2, 0.25) is 0 Å². The molecule has 96 valence electrons. The van der Waals surface area contributed by atoms with E-state index in [2.05, 4.69) is 10.6 Å². The number of morpholine rings is 1. The van der Waals surface area contributed by atoms with Crippen LogP contribution in [0.5, 0.6) is 0 Å². The Balaban J connectivity index is 1.51. The third-order valence-corrected chi connectivity index (χ3v) is 4.17. The van der Waals surface area contributed by atoms with E-state index in [4.69, 9.17) is 4.74 Å². The lowest BCUT2D eigenvalue weighted by molar-refractivity contribution is 0.0674. The van der Waals surface area contributed by atoms with Crippen molar-refractivity contribution in [3.05, 3.63) is 0 Å². The highest BCUT2D eigenvalue weighted by molar-refractivity contribution is 5.77. The zero-order chi connectivity index (χ0) is 11.7. The summed E-state index contributed by atoms with van der Waals surface area (Å²) >= 11 is 0. The molecule has 1 aliphatic carbocycles. The van der Waals surface area contributed by atoms with E-state index >= 15 is 0 Å². The summed E-state index contributed by atoms with van der Waals surface area (Å²) in [6.45, 7) is 4.05. The van der Waals surface area contributed by atoms with Crippen molar-refractivity contribution >= 4 is 6.03 Å². The maximum Gasteiger partial charge on any atom is 0.317 e. The van der Waals surface area contributed by atoms with Crippen LogP contribution in [-0.2, 0) is 4.74 Å². The Morgan fingerprint density at radius 3 is 2.94 bits per heavy atom. The molecule has 0 aromatic heterocycles. The fraction of sp³-hybridized carbons (Fsp3) is 0.917. The summed E-state index contributed by atoms with van der Waals surface area (Å²) < 4.78 is 5.41. The molecule has 0 bridgehead atoms. The predicted molar refractivity (Wildman–Crippen MR) is 63.8 cm³/mol. The van der Waals surface area contributed by atoms with Gasteiger partial charge < -0.3 is 20.3 Å². The number of ether oxygens (including phenoxy) is 1. The van der Waals surface area contributed by atoms with Gasteiger partial charge in [0.1, 0.15) is 0 Å². The maximum atomic E-state index is 11.8. The molecule has 5 nitrogen and oxygen atoms in total. The zero-order valence-corrected chi connectivity index (χ0v) is 10.2. The number of urea groups is 1. The minimum atomic E-state index is 0.106. The summed E-state index contributed by atoms with van der Waals surface area (Å²) in [7, 11) is 0. The van der Waals surface area contributed by atoms with E-state index in [0.717, 1.165) is 38.8 Å².